The van der Waals surface area contributed by atoms with Gasteiger partial charge in [-0.15, -0.1) is 0 Å². The minimum Gasteiger partial charge on any atom is -0.293 e. The van der Waals surface area contributed by atoms with Crippen molar-refractivity contribution in [3.63, 3.8) is 0 Å². The van der Waals surface area contributed by atoms with E-state index in [4.69, 9.17) is 0 Å². The van der Waals surface area contributed by atoms with Gasteiger partial charge in [-0.05, 0) is 28.8 Å². The molecule has 1 aromatic heterocycles. The molecule has 6 heteroatoms. The second-order valence-corrected chi connectivity index (χ2v) is 7.75. The number of carbonyl (C=O) groups excluding carboxylic acids is 1. The molecular formula is C10H11BrO3S2. The normalized spacial score (nSPS) is 24.2. The van der Waals surface area contributed by atoms with Crippen LogP contribution >= 0.6 is 27.3 Å². The molecule has 0 aromatic carbocycles. The van der Waals surface area contributed by atoms with Crippen LogP contribution in [0.5, 0.6) is 0 Å². The topological polar surface area (TPSA) is 51.2 Å². The lowest BCUT2D eigenvalue weighted by Crippen LogP contribution is -2.35. The van der Waals surface area contributed by atoms with Crippen molar-refractivity contribution in [3.8, 4) is 0 Å². The van der Waals surface area contributed by atoms with E-state index in [-0.39, 0.29) is 11.5 Å². The molecule has 2 heterocycles. The van der Waals surface area contributed by atoms with Gasteiger partial charge in [0.15, 0.2) is 15.6 Å². The van der Waals surface area contributed by atoms with Crippen LogP contribution < -0.4 is 0 Å². The van der Waals surface area contributed by atoms with Crippen LogP contribution in [0.15, 0.2) is 15.2 Å². The quantitative estimate of drug-likeness (QED) is 0.786. The Morgan fingerprint density at radius 1 is 1.38 bits per heavy atom. The number of ketones is 1. The van der Waals surface area contributed by atoms with Gasteiger partial charge in [-0.3, -0.25) is 4.79 Å². The number of sulfone groups is 1. The van der Waals surface area contributed by atoms with Crippen LogP contribution in [0.2, 0.25) is 0 Å². The minimum absolute atomic E-state index is 0.144. The van der Waals surface area contributed by atoms with Crippen molar-refractivity contribution < 1.29 is 13.2 Å². The summed E-state index contributed by atoms with van der Waals surface area (Å²) in [4.78, 5) is 12.1. The molecule has 1 aliphatic heterocycles. The summed E-state index contributed by atoms with van der Waals surface area (Å²) in [5, 5.41) is 2.67. The lowest BCUT2D eigenvalue weighted by atomic mass is 10.1. The van der Waals surface area contributed by atoms with Crippen molar-refractivity contribution in [2.24, 2.45) is 0 Å². The highest BCUT2D eigenvalue weighted by Gasteiger charge is 2.36. The molecule has 2 rings (SSSR count). The molecule has 0 aliphatic carbocycles. The van der Waals surface area contributed by atoms with Crippen LogP contribution in [0.25, 0.3) is 0 Å². The first-order chi connectivity index (χ1) is 7.52. The molecule has 0 saturated carbocycles. The third-order valence-corrected chi connectivity index (χ3v) is 6.63. The van der Waals surface area contributed by atoms with Crippen LogP contribution in [0, 0.1) is 0 Å². The number of thiophene rings is 1. The Morgan fingerprint density at radius 2 is 2.12 bits per heavy atom. The molecule has 3 nitrogen and oxygen atoms in total. The standard InChI is InChI=1S/C10H11BrO3S2/c11-8-6-15-5-7(8)10(12)9-3-1-2-4-16(9,13)14/h5-6,9H,1-4H2. The zero-order valence-electron chi connectivity index (χ0n) is 8.48. The van der Waals surface area contributed by atoms with Gasteiger partial charge in [0.05, 0.1) is 5.75 Å². The second kappa shape index (κ2) is 4.58. The van der Waals surface area contributed by atoms with E-state index in [1.807, 2.05) is 0 Å². The molecule has 0 spiro atoms. The zero-order chi connectivity index (χ0) is 11.8. The first-order valence-electron chi connectivity index (χ1n) is 5.00. The summed E-state index contributed by atoms with van der Waals surface area (Å²) >= 11 is 4.66. The SMILES string of the molecule is O=C(c1cscc1Br)C1CCCCS1(=O)=O. The average molecular weight is 323 g/mol. The van der Waals surface area contributed by atoms with Gasteiger partial charge in [-0.2, -0.15) is 11.3 Å². The number of carbonyl (C=O) groups is 1. The Kier molecular flexibility index (Phi) is 3.51. The van der Waals surface area contributed by atoms with Crippen molar-refractivity contribution >= 4 is 42.9 Å². The fourth-order valence-electron chi connectivity index (χ4n) is 1.88. The predicted molar refractivity (Wildman–Crippen MR) is 67.8 cm³/mol. The lowest BCUT2D eigenvalue weighted by Gasteiger charge is -2.20. The molecule has 16 heavy (non-hydrogen) atoms. The molecule has 0 N–H and O–H groups in total. The van der Waals surface area contributed by atoms with Gasteiger partial charge in [0, 0.05) is 20.8 Å². The highest BCUT2D eigenvalue weighted by molar-refractivity contribution is 9.10. The molecule has 88 valence electrons. The first kappa shape index (κ1) is 12.3. The van der Waals surface area contributed by atoms with Crippen LogP contribution in [0.4, 0.5) is 0 Å². The maximum atomic E-state index is 12.1. The summed E-state index contributed by atoms with van der Waals surface area (Å²) in [5.41, 5.74) is 0.500. The number of hydrogen-bond acceptors (Lipinski definition) is 4. The molecule has 1 fully saturated rings. The van der Waals surface area contributed by atoms with E-state index in [9.17, 15) is 13.2 Å². The van der Waals surface area contributed by atoms with Crippen LogP contribution in [0.3, 0.4) is 0 Å². The highest BCUT2D eigenvalue weighted by Crippen LogP contribution is 2.28. The predicted octanol–water partition coefficient (Wildman–Crippen LogP) is 2.66. The van der Waals surface area contributed by atoms with Crippen molar-refractivity contribution in [3.05, 3.63) is 20.8 Å². The summed E-state index contributed by atoms with van der Waals surface area (Å²) in [6, 6.07) is 0. The summed E-state index contributed by atoms with van der Waals surface area (Å²) in [6.45, 7) is 0. The highest BCUT2D eigenvalue weighted by atomic mass is 79.9. The summed E-state index contributed by atoms with van der Waals surface area (Å²) in [7, 11) is -3.23. The Labute approximate surface area is 107 Å². The molecule has 1 aromatic rings. The Hall–Kier alpha value is -0.200. The molecule has 0 bridgehead atoms. The maximum absolute atomic E-state index is 12.1. The lowest BCUT2D eigenvalue weighted by molar-refractivity contribution is 0.0981. The first-order valence-corrected chi connectivity index (χ1v) is 8.45. The van der Waals surface area contributed by atoms with E-state index in [1.165, 1.54) is 11.3 Å². The van der Waals surface area contributed by atoms with E-state index >= 15 is 0 Å². The van der Waals surface area contributed by atoms with E-state index in [1.54, 1.807) is 10.8 Å². The van der Waals surface area contributed by atoms with Gasteiger partial charge in [0.25, 0.3) is 0 Å². The van der Waals surface area contributed by atoms with Crippen LogP contribution in [-0.4, -0.2) is 25.2 Å². The number of halogens is 1. The molecule has 1 aliphatic rings. The molecule has 1 saturated heterocycles. The van der Waals surface area contributed by atoms with Crippen molar-refractivity contribution in [1.82, 2.24) is 0 Å². The smallest absolute Gasteiger partial charge is 0.182 e. The fourth-order valence-corrected chi connectivity index (χ4v) is 5.23. The van der Waals surface area contributed by atoms with Crippen molar-refractivity contribution in [2.75, 3.05) is 5.75 Å². The largest absolute Gasteiger partial charge is 0.293 e. The summed E-state index contributed by atoms with van der Waals surface area (Å²) in [6.07, 6.45) is 1.96. The molecular weight excluding hydrogens is 312 g/mol. The van der Waals surface area contributed by atoms with Gasteiger partial charge in [-0.1, -0.05) is 6.42 Å². The Bertz CT molecular complexity index is 504. The van der Waals surface area contributed by atoms with Crippen molar-refractivity contribution in [1.29, 1.82) is 0 Å². The Morgan fingerprint density at radius 3 is 2.69 bits per heavy atom. The monoisotopic (exact) mass is 322 g/mol. The van der Waals surface area contributed by atoms with Gasteiger partial charge < -0.3 is 0 Å². The van der Waals surface area contributed by atoms with E-state index in [0.717, 1.165) is 6.42 Å². The third-order valence-electron chi connectivity index (χ3n) is 2.75. The van der Waals surface area contributed by atoms with Crippen LogP contribution in [0.1, 0.15) is 29.6 Å². The molecule has 0 radical (unpaired) electrons. The minimum atomic E-state index is -3.23. The molecule has 0 amide bonds. The number of rotatable bonds is 2. The van der Waals surface area contributed by atoms with Gasteiger partial charge in [0.1, 0.15) is 5.25 Å². The maximum Gasteiger partial charge on any atom is 0.182 e. The average Bonchev–Trinajstić information content (AvgIpc) is 2.63. The zero-order valence-corrected chi connectivity index (χ0v) is 11.7. The summed E-state index contributed by atoms with van der Waals surface area (Å²) in [5.74, 6) is -0.113. The third kappa shape index (κ3) is 2.24. The summed E-state index contributed by atoms with van der Waals surface area (Å²) < 4.78 is 24.3. The number of Topliss-reactive ketones (excluding diaryl/α,β-unsaturated/α-hetero) is 1. The van der Waals surface area contributed by atoms with Gasteiger partial charge in [0.2, 0.25) is 0 Å². The van der Waals surface area contributed by atoms with Crippen molar-refractivity contribution in [2.45, 2.75) is 24.5 Å². The second-order valence-electron chi connectivity index (χ2n) is 3.85. The van der Waals surface area contributed by atoms with E-state index in [2.05, 4.69) is 15.9 Å². The van der Waals surface area contributed by atoms with E-state index in [0.29, 0.717) is 22.9 Å². The van der Waals surface area contributed by atoms with E-state index < -0.39 is 15.1 Å². The molecule has 1 atom stereocenters. The van der Waals surface area contributed by atoms with Crippen LogP contribution in [-0.2, 0) is 9.84 Å². The number of hydrogen-bond donors (Lipinski definition) is 0. The molecule has 1 unspecified atom stereocenters. The van der Waals surface area contributed by atoms with Gasteiger partial charge in [-0.25, -0.2) is 8.42 Å². The Balaban J connectivity index is 2.32. The fraction of sp³-hybridized carbons (Fsp3) is 0.500. The van der Waals surface area contributed by atoms with Gasteiger partial charge >= 0.3 is 0 Å².